The Morgan fingerprint density at radius 3 is 3.06 bits per heavy atom. The molecule has 0 atom stereocenters. The topological polar surface area (TPSA) is 38.1 Å². The number of fused-ring (bicyclic) bond motifs is 1. The van der Waals surface area contributed by atoms with Crippen LogP contribution in [0.25, 0.3) is 11.0 Å². The quantitative estimate of drug-likeness (QED) is 0.772. The molecule has 17 heavy (non-hydrogen) atoms. The SMILES string of the molecule is Clc1ccc(CNc2nccc3occc23)s1. The average Bonchev–Trinajstić information content (AvgIpc) is 2.94. The van der Waals surface area contributed by atoms with Crippen LogP contribution in [0.1, 0.15) is 4.88 Å². The van der Waals surface area contributed by atoms with Crippen LogP contribution in [-0.4, -0.2) is 4.98 Å². The number of hydrogen-bond donors (Lipinski definition) is 1. The van der Waals surface area contributed by atoms with Crippen LogP contribution in [0.2, 0.25) is 4.34 Å². The summed E-state index contributed by atoms with van der Waals surface area (Å²) in [4.78, 5) is 5.48. The molecule has 3 heterocycles. The lowest BCUT2D eigenvalue weighted by molar-refractivity contribution is 0.615. The average molecular weight is 265 g/mol. The second-order valence-corrected chi connectivity index (χ2v) is 5.35. The number of rotatable bonds is 3. The molecule has 0 aliphatic rings. The number of thiophene rings is 1. The second kappa shape index (κ2) is 4.39. The van der Waals surface area contributed by atoms with Crippen molar-refractivity contribution in [3.63, 3.8) is 0 Å². The van der Waals surface area contributed by atoms with Crippen LogP contribution in [0.15, 0.2) is 41.1 Å². The smallest absolute Gasteiger partial charge is 0.139 e. The van der Waals surface area contributed by atoms with Crippen LogP contribution in [0, 0.1) is 0 Å². The lowest BCUT2D eigenvalue weighted by atomic mass is 10.3. The number of anilines is 1. The van der Waals surface area contributed by atoms with E-state index in [9.17, 15) is 0 Å². The van der Waals surface area contributed by atoms with Crippen molar-refractivity contribution in [3.8, 4) is 0 Å². The van der Waals surface area contributed by atoms with Crippen LogP contribution < -0.4 is 5.32 Å². The maximum atomic E-state index is 5.88. The zero-order valence-electron chi connectivity index (χ0n) is 8.81. The van der Waals surface area contributed by atoms with Gasteiger partial charge in [0.15, 0.2) is 0 Å². The predicted octanol–water partition coefficient (Wildman–Crippen LogP) is 4.15. The molecule has 3 aromatic heterocycles. The Kier molecular flexibility index (Phi) is 2.74. The third kappa shape index (κ3) is 2.14. The second-order valence-electron chi connectivity index (χ2n) is 3.55. The number of nitrogens with one attached hydrogen (secondary N) is 1. The van der Waals surface area contributed by atoms with Gasteiger partial charge in [-0.1, -0.05) is 11.6 Å². The fourth-order valence-electron chi connectivity index (χ4n) is 1.65. The Hall–Kier alpha value is -1.52. The lowest BCUT2D eigenvalue weighted by Gasteiger charge is -2.04. The normalized spacial score (nSPS) is 10.9. The summed E-state index contributed by atoms with van der Waals surface area (Å²) in [5.41, 5.74) is 0.840. The molecule has 0 aliphatic carbocycles. The first-order chi connectivity index (χ1) is 8.33. The van der Waals surface area contributed by atoms with E-state index in [0.717, 1.165) is 21.1 Å². The van der Waals surface area contributed by atoms with Gasteiger partial charge in [0.1, 0.15) is 11.4 Å². The summed E-state index contributed by atoms with van der Waals surface area (Å²) < 4.78 is 6.12. The highest BCUT2D eigenvalue weighted by Crippen LogP contribution is 2.25. The van der Waals surface area contributed by atoms with Crippen LogP contribution in [0.4, 0.5) is 5.82 Å². The molecule has 0 saturated heterocycles. The van der Waals surface area contributed by atoms with Crippen molar-refractivity contribution in [1.82, 2.24) is 4.98 Å². The summed E-state index contributed by atoms with van der Waals surface area (Å²) in [7, 11) is 0. The van der Waals surface area contributed by atoms with Crippen molar-refractivity contribution in [2.24, 2.45) is 0 Å². The van der Waals surface area contributed by atoms with Gasteiger partial charge < -0.3 is 9.73 Å². The molecule has 3 aromatic rings. The van der Waals surface area contributed by atoms with Gasteiger partial charge in [-0.05, 0) is 24.3 Å². The van der Waals surface area contributed by atoms with Gasteiger partial charge in [-0.25, -0.2) is 4.98 Å². The summed E-state index contributed by atoms with van der Waals surface area (Å²) in [5.74, 6) is 0.834. The largest absolute Gasteiger partial charge is 0.464 e. The zero-order chi connectivity index (χ0) is 11.7. The Morgan fingerprint density at radius 1 is 1.29 bits per heavy atom. The molecule has 86 valence electrons. The van der Waals surface area contributed by atoms with Crippen LogP contribution >= 0.6 is 22.9 Å². The van der Waals surface area contributed by atoms with Gasteiger partial charge >= 0.3 is 0 Å². The molecule has 0 bridgehead atoms. The molecule has 0 spiro atoms. The van der Waals surface area contributed by atoms with Crippen molar-refractivity contribution in [2.75, 3.05) is 5.32 Å². The Balaban J connectivity index is 1.83. The summed E-state index contributed by atoms with van der Waals surface area (Å²) >= 11 is 7.45. The third-order valence-electron chi connectivity index (χ3n) is 2.44. The fourth-order valence-corrected chi connectivity index (χ4v) is 2.68. The molecule has 3 nitrogen and oxygen atoms in total. The summed E-state index contributed by atoms with van der Waals surface area (Å²) in [6, 6.07) is 7.67. The number of halogens is 1. The molecule has 0 unspecified atom stereocenters. The molecule has 0 radical (unpaired) electrons. The zero-order valence-corrected chi connectivity index (χ0v) is 10.4. The first-order valence-electron chi connectivity index (χ1n) is 5.13. The molecule has 0 aliphatic heterocycles. The van der Waals surface area contributed by atoms with Crippen LogP contribution in [0.3, 0.4) is 0 Å². The van der Waals surface area contributed by atoms with E-state index in [2.05, 4.69) is 10.3 Å². The Morgan fingerprint density at radius 2 is 2.24 bits per heavy atom. The van der Waals surface area contributed by atoms with Crippen molar-refractivity contribution in [3.05, 3.63) is 45.9 Å². The van der Waals surface area contributed by atoms with Gasteiger partial charge in [0, 0.05) is 11.1 Å². The van der Waals surface area contributed by atoms with Crippen molar-refractivity contribution >= 4 is 39.7 Å². The maximum Gasteiger partial charge on any atom is 0.139 e. The van der Waals surface area contributed by atoms with Gasteiger partial charge in [-0.15, -0.1) is 11.3 Å². The van der Waals surface area contributed by atoms with Gasteiger partial charge in [-0.3, -0.25) is 0 Å². The first kappa shape index (κ1) is 10.6. The van der Waals surface area contributed by atoms with Crippen LogP contribution in [-0.2, 0) is 6.54 Å². The van der Waals surface area contributed by atoms with Crippen molar-refractivity contribution in [2.45, 2.75) is 6.54 Å². The minimum Gasteiger partial charge on any atom is -0.464 e. The van der Waals surface area contributed by atoms with E-state index in [1.165, 1.54) is 4.88 Å². The molecule has 5 heteroatoms. The van der Waals surface area contributed by atoms with E-state index in [1.54, 1.807) is 23.8 Å². The maximum absolute atomic E-state index is 5.88. The van der Waals surface area contributed by atoms with Gasteiger partial charge in [0.05, 0.1) is 22.5 Å². The molecular formula is C12H9ClN2OS. The molecule has 0 saturated carbocycles. The Bertz CT molecular complexity index is 647. The number of furan rings is 1. The molecule has 0 fully saturated rings. The standard InChI is InChI=1S/C12H9ClN2OS/c13-11-2-1-8(17-11)7-15-12-9-4-6-16-10(9)3-5-14-12/h1-6H,7H2,(H,14,15). The highest BCUT2D eigenvalue weighted by atomic mass is 35.5. The lowest BCUT2D eigenvalue weighted by Crippen LogP contribution is -1.99. The molecule has 0 amide bonds. The summed E-state index contributed by atoms with van der Waals surface area (Å²) in [5, 5.41) is 4.28. The van der Waals surface area contributed by atoms with Gasteiger partial charge in [0.25, 0.3) is 0 Å². The number of pyridine rings is 1. The summed E-state index contributed by atoms with van der Waals surface area (Å²) in [6.07, 6.45) is 3.40. The monoisotopic (exact) mass is 264 g/mol. The van der Waals surface area contributed by atoms with E-state index in [1.807, 2.05) is 24.3 Å². The molecule has 1 N–H and O–H groups in total. The van der Waals surface area contributed by atoms with E-state index < -0.39 is 0 Å². The van der Waals surface area contributed by atoms with E-state index in [-0.39, 0.29) is 0 Å². The minimum absolute atomic E-state index is 0.717. The fraction of sp³-hybridized carbons (Fsp3) is 0.0833. The van der Waals surface area contributed by atoms with E-state index >= 15 is 0 Å². The van der Waals surface area contributed by atoms with Gasteiger partial charge in [0.2, 0.25) is 0 Å². The third-order valence-corrected chi connectivity index (χ3v) is 3.67. The highest BCUT2D eigenvalue weighted by Gasteiger charge is 2.04. The summed E-state index contributed by atoms with van der Waals surface area (Å²) in [6.45, 7) is 0.717. The Labute approximate surface area is 107 Å². The first-order valence-corrected chi connectivity index (χ1v) is 6.33. The number of hydrogen-bond acceptors (Lipinski definition) is 4. The van der Waals surface area contributed by atoms with Crippen molar-refractivity contribution < 1.29 is 4.42 Å². The molecular weight excluding hydrogens is 256 g/mol. The number of nitrogens with zero attached hydrogens (tertiary/aromatic N) is 1. The van der Waals surface area contributed by atoms with Crippen LogP contribution in [0.5, 0.6) is 0 Å². The van der Waals surface area contributed by atoms with Gasteiger partial charge in [-0.2, -0.15) is 0 Å². The van der Waals surface area contributed by atoms with E-state index in [0.29, 0.717) is 6.54 Å². The molecule has 0 aromatic carbocycles. The number of aromatic nitrogens is 1. The van der Waals surface area contributed by atoms with Crippen molar-refractivity contribution in [1.29, 1.82) is 0 Å². The van der Waals surface area contributed by atoms with E-state index in [4.69, 9.17) is 16.0 Å². The predicted molar refractivity (Wildman–Crippen MR) is 70.7 cm³/mol. The minimum atomic E-state index is 0.717. The highest BCUT2D eigenvalue weighted by molar-refractivity contribution is 7.16. The molecule has 3 rings (SSSR count).